The summed E-state index contributed by atoms with van der Waals surface area (Å²) >= 11 is 0. The summed E-state index contributed by atoms with van der Waals surface area (Å²) in [6.45, 7) is 5.96. The summed E-state index contributed by atoms with van der Waals surface area (Å²) < 4.78 is 5.95. The van der Waals surface area contributed by atoms with Gasteiger partial charge in [-0.2, -0.15) is 0 Å². The van der Waals surface area contributed by atoms with E-state index in [0.29, 0.717) is 36.7 Å². The van der Waals surface area contributed by atoms with E-state index in [0.717, 1.165) is 35.9 Å². The van der Waals surface area contributed by atoms with E-state index < -0.39 is 0 Å². The van der Waals surface area contributed by atoms with Crippen LogP contribution in [0.15, 0.2) is 77.2 Å². The topological polar surface area (TPSA) is 75.4 Å². The summed E-state index contributed by atoms with van der Waals surface area (Å²) in [5.74, 6) is 0.789. The van der Waals surface area contributed by atoms with Crippen molar-refractivity contribution in [2.45, 2.75) is 39.7 Å². The van der Waals surface area contributed by atoms with E-state index in [2.05, 4.69) is 41.5 Å². The second-order valence-electron chi connectivity index (χ2n) is 9.87. The van der Waals surface area contributed by atoms with Crippen molar-refractivity contribution in [3.8, 4) is 11.5 Å². The van der Waals surface area contributed by atoms with Crippen molar-refractivity contribution < 1.29 is 14.0 Å². The monoisotopic (exact) mass is 495 g/mol. The predicted octanol–water partition coefficient (Wildman–Crippen LogP) is 5.86. The molecule has 4 aromatic rings. The van der Waals surface area contributed by atoms with Gasteiger partial charge in [-0.1, -0.05) is 56.3 Å². The molecule has 0 unspecified atom stereocenters. The minimum atomic E-state index is -0.0888. The van der Waals surface area contributed by atoms with Gasteiger partial charge < -0.3 is 14.6 Å². The van der Waals surface area contributed by atoms with Crippen molar-refractivity contribution in [1.82, 2.24) is 15.2 Å². The van der Waals surface area contributed by atoms with Gasteiger partial charge in [0.2, 0.25) is 11.8 Å². The predicted molar refractivity (Wildman–Crippen MR) is 145 cm³/mol. The first kappa shape index (κ1) is 24.8. The average Bonchev–Trinajstić information content (AvgIpc) is 3.39. The molecule has 37 heavy (non-hydrogen) atoms. The zero-order valence-electron chi connectivity index (χ0n) is 21.4. The van der Waals surface area contributed by atoms with Gasteiger partial charge in [0.25, 0.3) is 5.91 Å². The molecule has 5 rings (SSSR count). The SMILES string of the molecule is CCc1ccc(CNC(=O)[C@@H](C)C2CCN(C(=O)c3ccc4nc(-c5ccccc5)oc4c3)CC2)cc1. The molecule has 0 bridgehead atoms. The molecule has 1 fully saturated rings. The molecule has 1 saturated heterocycles. The molecule has 1 aliphatic rings. The summed E-state index contributed by atoms with van der Waals surface area (Å²) in [5, 5.41) is 3.09. The Labute approximate surface area is 217 Å². The van der Waals surface area contributed by atoms with Crippen LogP contribution >= 0.6 is 0 Å². The van der Waals surface area contributed by atoms with Crippen molar-refractivity contribution in [2.75, 3.05) is 13.1 Å². The van der Waals surface area contributed by atoms with E-state index in [1.165, 1.54) is 5.56 Å². The standard InChI is InChI=1S/C31H33N3O3/c1-3-22-9-11-23(12-10-22)20-32-29(35)21(2)24-15-17-34(18-16-24)31(36)26-13-14-27-28(19-26)37-30(33-27)25-7-5-4-6-8-25/h4-14,19,21,24H,3,15-18,20H2,1-2H3,(H,32,35)/t21-/m0/s1. The molecule has 1 aliphatic heterocycles. The molecule has 1 atom stereocenters. The molecule has 1 N–H and O–H groups in total. The summed E-state index contributed by atoms with van der Waals surface area (Å²) in [6, 6.07) is 23.6. The molecule has 2 heterocycles. The van der Waals surface area contributed by atoms with Crippen LogP contribution in [0.3, 0.4) is 0 Å². The lowest BCUT2D eigenvalue weighted by atomic mass is 9.84. The highest BCUT2D eigenvalue weighted by molar-refractivity contribution is 5.97. The largest absolute Gasteiger partial charge is 0.436 e. The molecule has 190 valence electrons. The second-order valence-corrected chi connectivity index (χ2v) is 9.87. The highest BCUT2D eigenvalue weighted by atomic mass is 16.3. The zero-order valence-corrected chi connectivity index (χ0v) is 21.4. The third-order valence-corrected chi connectivity index (χ3v) is 7.50. The number of hydrogen-bond donors (Lipinski definition) is 1. The molecular weight excluding hydrogens is 462 g/mol. The Morgan fingerprint density at radius 3 is 2.41 bits per heavy atom. The number of aryl methyl sites for hydroxylation is 1. The van der Waals surface area contributed by atoms with Crippen molar-refractivity contribution in [3.05, 3.63) is 89.5 Å². The number of hydrogen-bond acceptors (Lipinski definition) is 4. The van der Waals surface area contributed by atoms with E-state index >= 15 is 0 Å². The fourth-order valence-corrected chi connectivity index (χ4v) is 5.00. The van der Waals surface area contributed by atoms with Gasteiger partial charge >= 0.3 is 0 Å². The van der Waals surface area contributed by atoms with Gasteiger partial charge in [0.15, 0.2) is 5.58 Å². The third-order valence-electron chi connectivity index (χ3n) is 7.50. The first-order valence-corrected chi connectivity index (χ1v) is 13.1. The molecule has 3 aromatic carbocycles. The number of piperidine rings is 1. The molecule has 2 amide bonds. The number of carbonyl (C=O) groups is 2. The van der Waals surface area contributed by atoms with Crippen LogP contribution in [0.2, 0.25) is 0 Å². The van der Waals surface area contributed by atoms with Gasteiger partial charge in [0.1, 0.15) is 5.52 Å². The Balaban J connectivity index is 1.16. The van der Waals surface area contributed by atoms with Crippen LogP contribution < -0.4 is 5.32 Å². The fourth-order valence-electron chi connectivity index (χ4n) is 5.00. The number of fused-ring (bicyclic) bond motifs is 1. The number of carbonyl (C=O) groups excluding carboxylic acids is 2. The molecule has 6 nitrogen and oxygen atoms in total. The van der Waals surface area contributed by atoms with Crippen LogP contribution in [0.1, 0.15) is 48.2 Å². The quantitative estimate of drug-likeness (QED) is 0.348. The van der Waals surface area contributed by atoms with Gasteiger partial charge in [-0.3, -0.25) is 9.59 Å². The number of rotatable bonds is 7. The maximum Gasteiger partial charge on any atom is 0.253 e. The number of benzene rings is 3. The lowest BCUT2D eigenvalue weighted by Gasteiger charge is -2.34. The fraction of sp³-hybridized carbons (Fsp3) is 0.323. The molecule has 6 heteroatoms. The van der Waals surface area contributed by atoms with E-state index in [4.69, 9.17) is 4.42 Å². The minimum Gasteiger partial charge on any atom is -0.436 e. The van der Waals surface area contributed by atoms with Crippen molar-refractivity contribution in [2.24, 2.45) is 11.8 Å². The molecular formula is C31H33N3O3. The van der Waals surface area contributed by atoms with Crippen LogP contribution in [0.5, 0.6) is 0 Å². The van der Waals surface area contributed by atoms with Crippen molar-refractivity contribution in [3.63, 3.8) is 0 Å². The van der Waals surface area contributed by atoms with Gasteiger partial charge in [0.05, 0.1) is 0 Å². The van der Waals surface area contributed by atoms with Crippen LogP contribution in [0.4, 0.5) is 0 Å². The number of nitrogens with one attached hydrogen (secondary N) is 1. The molecule has 0 radical (unpaired) electrons. The second kappa shape index (κ2) is 11.0. The Kier molecular flexibility index (Phi) is 7.35. The summed E-state index contributed by atoms with van der Waals surface area (Å²) in [4.78, 5) is 32.5. The smallest absolute Gasteiger partial charge is 0.253 e. The minimum absolute atomic E-state index is 0.00866. The van der Waals surface area contributed by atoms with E-state index in [1.807, 2.05) is 54.3 Å². The van der Waals surface area contributed by atoms with Crippen LogP contribution in [0, 0.1) is 11.8 Å². The van der Waals surface area contributed by atoms with E-state index in [-0.39, 0.29) is 23.7 Å². The van der Waals surface area contributed by atoms with E-state index in [9.17, 15) is 9.59 Å². The highest BCUT2D eigenvalue weighted by Gasteiger charge is 2.30. The summed E-state index contributed by atoms with van der Waals surface area (Å²) in [7, 11) is 0. The third kappa shape index (κ3) is 5.58. The number of oxazole rings is 1. The zero-order chi connectivity index (χ0) is 25.8. The molecule has 0 saturated carbocycles. The Morgan fingerprint density at radius 2 is 1.70 bits per heavy atom. The molecule has 0 spiro atoms. The average molecular weight is 496 g/mol. The van der Waals surface area contributed by atoms with Gasteiger partial charge in [-0.15, -0.1) is 0 Å². The Hall–Kier alpha value is -3.93. The lowest BCUT2D eigenvalue weighted by Crippen LogP contribution is -2.42. The molecule has 1 aromatic heterocycles. The van der Waals surface area contributed by atoms with Crippen LogP contribution in [0.25, 0.3) is 22.6 Å². The summed E-state index contributed by atoms with van der Waals surface area (Å²) in [5.41, 5.74) is 5.24. The van der Waals surface area contributed by atoms with Gasteiger partial charge in [0, 0.05) is 36.7 Å². The number of nitrogens with zero attached hydrogens (tertiary/aromatic N) is 2. The Bertz CT molecular complexity index is 1370. The van der Waals surface area contributed by atoms with Crippen LogP contribution in [-0.4, -0.2) is 34.8 Å². The highest BCUT2D eigenvalue weighted by Crippen LogP contribution is 2.28. The van der Waals surface area contributed by atoms with Crippen LogP contribution in [-0.2, 0) is 17.8 Å². The maximum absolute atomic E-state index is 13.2. The van der Waals surface area contributed by atoms with Gasteiger partial charge in [-0.05, 0) is 66.6 Å². The number of likely N-dealkylation sites (tertiary alicyclic amines) is 1. The first-order valence-electron chi connectivity index (χ1n) is 13.1. The summed E-state index contributed by atoms with van der Waals surface area (Å²) in [6.07, 6.45) is 2.64. The molecule has 0 aliphatic carbocycles. The van der Waals surface area contributed by atoms with E-state index in [1.54, 1.807) is 6.07 Å². The van der Waals surface area contributed by atoms with Crippen molar-refractivity contribution >= 4 is 22.9 Å². The number of amides is 2. The maximum atomic E-state index is 13.2. The first-order chi connectivity index (χ1) is 18.0. The number of aromatic nitrogens is 1. The van der Waals surface area contributed by atoms with Gasteiger partial charge in [-0.25, -0.2) is 4.98 Å². The van der Waals surface area contributed by atoms with Crippen molar-refractivity contribution in [1.29, 1.82) is 0 Å². The Morgan fingerprint density at radius 1 is 1.00 bits per heavy atom. The normalized spacial score (nSPS) is 15.0. The lowest BCUT2D eigenvalue weighted by molar-refractivity contribution is -0.126.